The van der Waals surface area contributed by atoms with Gasteiger partial charge in [0.2, 0.25) is 0 Å². The Balaban J connectivity index is 2.82. The summed E-state index contributed by atoms with van der Waals surface area (Å²) in [6.07, 6.45) is -2.30. The maximum absolute atomic E-state index is 12.6. The maximum Gasteiger partial charge on any atom is 0.416 e. The van der Waals surface area contributed by atoms with Gasteiger partial charge in [0.25, 0.3) is 0 Å². The van der Waals surface area contributed by atoms with Crippen LogP contribution in [0.1, 0.15) is 30.9 Å². The fourth-order valence-corrected chi connectivity index (χ4v) is 1.45. The van der Waals surface area contributed by atoms with E-state index in [1.165, 1.54) is 19.1 Å². The van der Waals surface area contributed by atoms with Crippen molar-refractivity contribution >= 4 is 5.69 Å². The second kappa shape index (κ2) is 5.23. The number of unbranched alkanes of at least 4 members (excludes halogenated alkanes) is 1. The van der Waals surface area contributed by atoms with Gasteiger partial charge < -0.3 is 5.32 Å². The molecule has 1 rings (SSSR count). The Morgan fingerprint density at radius 3 is 2.50 bits per heavy atom. The van der Waals surface area contributed by atoms with E-state index in [1.807, 2.05) is 6.92 Å². The molecule has 1 N–H and O–H groups in total. The van der Waals surface area contributed by atoms with E-state index in [0.29, 0.717) is 12.2 Å². The molecule has 16 heavy (non-hydrogen) atoms. The second-order valence-corrected chi connectivity index (χ2v) is 3.81. The number of anilines is 1. The van der Waals surface area contributed by atoms with Crippen LogP contribution in [-0.2, 0) is 6.18 Å². The average molecular weight is 231 g/mol. The van der Waals surface area contributed by atoms with E-state index in [2.05, 4.69) is 5.32 Å². The normalized spacial score (nSPS) is 11.6. The molecule has 0 bridgehead atoms. The summed E-state index contributed by atoms with van der Waals surface area (Å²) >= 11 is 0. The molecule has 0 heterocycles. The van der Waals surface area contributed by atoms with E-state index in [1.54, 1.807) is 6.07 Å². The van der Waals surface area contributed by atoms with Crippen molar-refractivity contribution in [3.05, 3.63) is 29.3 Å². The van der Waals surface area contributed by atoms with Crippen molar-refractivity contribution in [1.82, 2.24) is 0 Å². The van der Waals surface area contributed by atoms with Gasteiger partial charge in [0.1, 0.15) is 0 Å². The number of rotatable bonds is 4. The van der Waals surface area contributed by atoms with Crippen LogP contribution in [0.4, 0.5) is 18.9 Å². The molecule has 0 amide bonds. The summed E-state index contributed by atoms with van der Waals surface area (Å²) in [5.74, 6) is 0. The Kier molecular flexibility index (Phi) is 4.21. The fourth-order valence-electron chi connectivity index (χ4n) is 1.45. The number of nitrogens with one attached hydrogen (secondary N) is 1. The minimum atomic E-state index is -4.27. The average Bonchev–Trinajstić information content (AvgIpc) is 2.19. The quantitative estimate of drug-likeness (QED) is 0.765. The predicted octanol–water partition coefficient (Wildman–Crippen LogP) is 4.23. The molecule has 0 fully saturated rings. The van der Waals surface area contributed by atoms with Gasteiger partial charge in [0.15, 0.2) is 0 Å². The molecule has 4 heteroatoms. The van der Waals surface area contributed by atoms with E-state index in [-0.39, 0.29) is 5.56 Å². The summed E-state index contributed by atoms with van der Waals surface area (Å²) in [5.41, 5.74) is 0.230. The van der Waals surface area contributed by atoms with Gasteiger partial charge in [-0.3, -0.25) is 0 Å². The van der Waals surface area contributed by atoms with Gasteiger partial charge >= 0.3 is 6.18 Å². The molecule has 90 valence electrons. The van der Waals surface area contributed by atoms with Gasteiger partial charge in [0.05, 0.1) is 5.56 Å². The minimum absolute atomic E-state index is 0.258. The molecule has 0 aliphatic rings. The first-order valence-corrected chi connectivity index (χ1v) is 5.37. The lowest BCUT2D eigenvalue weighted by Gasteiger charge is -2.13. The molecule has 1 aromatic carbocycles. The van der Waals surface area contributed by atoms with Crippen LogP contribution in [-0.4, -0.2) is 6.54 Å². The van der Waals surface area contributed by atoms with Crippen molar-refractivity contribution in [3.8, 4) is 0 Å². The zero-order chi connectivity index (χ0) is 12.2. The number of alkyl halides is 3. The standard InChI is InChI=1S/C12H16F3N/c1-3-4-7-16-10-6-5-9(2)11(8-10)12(13,14)15/h5-6,8,16H,3-4,7H2,1-2H3. The molecular formula is C12H16F3N. The Morgan fingerprint density at radius 2 is 1.94 bits per heavy atom. The molecular weight excluding hydrogens is 215 g/mol. The number of benzene rings is 1. The third kappa shape index (κ3) is 3.43. The van der Waals surface area contributed by atoms with Crippen molar-refractivity contribution in [2.24, 2.45) is 0 Å². The van der Waals surface area contributed by atoms with E-state index in [9.17, 15) is 13.2 Å². The number of hydrogen-bond acceptors (Lipinski definition) is 1. The topological polar surface area (TPSA) is 12.0 Å². The van der Waals surface area contributed by atoms with E-state index >= 15 is 0 Å². The van der Waals surface area contributed by atoms with E-state index in [0.717, 1.165) is 12.8 Å². The molecule has 0 spiro atoms. The van der Waals surface area contributed by atoms with Crippen LogP contribution >= 0.6 is 0 Å². The summed E-state index contributed by atoms with van der Waals surface area (Å²) in [7, 11) is 0. The zero-order valence-electron chi connectivity index (χ0n) is 9.49. The van der Waals surface area contributed by atoms with Crippen LogP contribution < -0.4 is 5.32 Å². The molecule has 0 aliphatic carbocycles. The minimum Gasteiger partial charge on any atom is -0.385 e. The van der Waals surface area contributed by atoms with Gasteiger partial charge in [-0.25, -0.2) is 0 Å². The van der Waals surface area contributed by atoms with Crippen LogP contribution in [0.2, 0.25) is 0 Å². The number of aryl methyl sites for hydroxylation is 1. The van der Waals surface area contributed by atoms with E-state index < -0.39 is 11.7 Å². The van der Waals surface area contributed by atoms with Crippen molar-refractivity contribution in [2.45, 2.75) is 32.9 Å². The van der Waals surface area contributed by atoms with Crippen molar-refractivity contribution in [2.75, 3.05) is 11.9 Å². The third-order valence-corrected chi connectivity index (χ3v) is 2.40. The van der Waals surface area contributed by atoms with Gasteiger partial charge in [-0.1, -0.05) is 19.4 Å². The molecule has 0 saturated carbocycles. The first-order chi connectivity index (χ1) is 7.45. The van der Waals surface area contributed by atoms with E-state index in [4.69, 9.17) is 0 Å². The maximum atomic E-state index is 12.6. The smallest absolute Gasteiger partial charge is 0.385 e. The highest BCUT2D eigenvalue weighted by Gasteiger charge is 2.32. The summed E-state index contributed by atoms with van der Waals surface area (Å²) in [4.78, 5) is 0. The first kappa shape index (κ1) is 12.9. The van der Waals surface area contributed by atoms with Gasteiger partial charge in [0, 0.05) is 12.2 Å². The van der Waals surface area contributed by atoms with Crippen molar-refractivity contribution < 1.29 is 13.2 Å². The zero-order valence-corrected chi connectivity index (χ0v) is 9.49. The molecule has 0 unspecified atom stereocenters. The lowest BCUT2D eigenvalue weighted by molar-refractivity contribution is -0.138. The molecule has 1 aromatic rings. The fraction of sp³-hybridized carbons (Fsp3) is 0.500. The summed E-state index contributed by atoms with van der Waals surface area (Å²) < 4.78 is 37.8. The Morgan fingerprint density at radius 1 is 1.25 bits per heavy atom. The number of hydrogen-bond donors (Lipinski definition) is 1. The van der Waals surface area contributed by atoms with Crippen LogP contribution in [0.5, 0.6) is 0 Å². The second-order valence-electron chi connectivity index (χ2n) is 3.81. The van der Waals surface area contributed by atoms with Crippen molar-refractivity contribution in [1.29, 1.82) is 0 Å². The van der Waals surface area contributed by atoms with Crippen LogP contribution in [0.3, 0.4) is 0 Å². The lowest BCUT2D eigenvalue weighted by atomic mass is 10.1. The molecule has 0 atom stereocenters. The Hall–Kier alpha value is -1.19. The highest BCUT2D eigenvalue weighted by atomic mass is 19.4. The Labute approximate surface area is 93.7 Å². The largest absolute Gasteiger partial charge is 0.416 e. The van der Waals surface area contributed by atoms with Crippen molar-refractivity contribution in [3.63, 3.8) is 0 Å². The highest BCUT2D eigenvalue weighted by molar-refractivity contribution is 5.49. The summed E-state index contributed by atoms with van der Waals surface area (Å²) in [5, 5.41) is 2.99. The molecule has 1 nitrogen and oxygen atoms in total. The molecule has 0 aromatic heterocycles. The summed E-state index contributed by atoms with van der Waals surface area (Å²) in [6, 6.07) is 4.35. The van der Waals surface area contributed by atoms with Crippen LogP contribution in [0, 0.1) is 6.92 Å². The summed E-state index contributed by atoms with van der Waals surface area (Å²) in [6.45, 7) is 4.22. The number of halogens is 3. The molecule has 0 aliphatic heterocycles. The van der Waals surface area contributed by atoms with Gasteiger partial charge in [-0.2, -0.15) is 13.2 Å². The predicted molar refractivity (Wildman–Crippen MR) is 59.6 cm³/mol. The monoisotopic (exact) mass is 231 g/mol. The molecule has 0 radical (unpaired) electrons. The van der Waals surface area contributed by atoms with Crippen LogP contribution in [0.15, 0.2) is 18.2 Å². The van der Waals surface area contributed by atoms with Gasteiger partial charge in [-0.05, 0) is 31.0 Å². The van der Waals surface area contributed by atoms with Crippen LogP contribution in [0.25, 0.3) is 0 Å². The molecule has 0 saturated heterocycles. The SMILES string of the molecule is CCCCNc1ccc(C)c(C(F)(F)F)c1. The third-order valence-electron chi connectivity index (χ3n) is 2.40. The van der Waals surface area contributed by atoms with Gasteiger partial charge in [-0.15, -0.1) is 0 Å². The highest BCUT2D eigenvalue weighted by Crippen LogP contribution is 2.33. The first-order valence-electron chi connectivity index (χ1n) is 5.37. The Bertz CT molecular complexity index is 345. The lowest BCUT2D eigenvalue weighted by Crippen LogP contribution is -2.09.